The summed E-state index contributed by atoms with van der Waals surface area (Å²) in [6.07, 6.45) is 1.05. The molecule has 4 rings (SSSR count). The molecule has 1 aliphatic carbocycles. The van der Waals surface area contributed by atoms with Crippen LogP contribution in [-0.2, 0) is 29.4 Å². The van der Waals surface area contributed by atoms with Crippen LogP contribution in [0.4, 0.5) is 0 Å². The van der Waals surface area contributed by atoms with Crippen LogP contribution in [-0.4, -0.2) is 5.49 Å². The maximum Gasteiger partial charge on any atom is -0.0253 e. The zero-order valence-corrected chi connectivity index (χ0v) is 20.9. The quantitative estimate of drug-likeness (QED) is 0.206. The zero-order chi connectivity index (χ0) is 16.7. The van der Waals surface area contributed by atoms with Crippen LogP contribution in [0.3, 0.4) is 0 Å². The summed E-state index contributed by atoms with van der Waals surface area (Å²) in [7, 11) is 0. The minimum atomic E-state index is 0. The summed E-state index contributed by atoms with van der Waals surface area (Å²) >= 11 is 1.45. The molecule has 1 aliphatic rings. The van der Waals surface area contributed by atoms with Gasteiger partial charge in [-0.05, 0) is 6.42 Å². The van der Waals surface area contributed by atoms with Crippen LogP contribution in [0, 0.1) is 13.0 Å². The summed E-state index contributed by atoms with van der Waals surface area (Å²) in [5.41, 5.74) is 7.11. The molecule has 0 N–H and O–H groups in total. The normalized spacial score (nSPS) is 9.64. The van der Waals surface area contributed by atoms with E-state index in [0.717, 1.165) is 6.42 Å². The predicted octanol–water partition coefficient (Wildman–Crippen LogP) is -0.436. The number of benzene rings is 2. The molecule has 0 saturated carbocycles. The van der Waals surface area contributed by atoms with Gasteiger partial charge in [0.2, 0.25) is 0 Å². The minimum absolute atomic E-state index is 0. The fourth-order valence-electron chi connectivity index (χ4n) is 2.47. The van der Waals surface area contributed by atoms with Crippen LogP contribution in [0.5, 0.6) is 0 Å². The maximum absolute atomic E-state index is 3.30. The van der Waals surface area contributed by atoms with Crippen LogP contribution in [0.2, 0.25) is 13.1 Å². The summed E-state index contributed by atoms with van der Waals surface area (Å²) in [5.74, 6) is 0. The van der Waals surface area contributed by atoms with Crippen LogP contribution in [0.25, 0.3) is 11.1 Å². The third-order valence-electron chi connectivity index (χ3n) is 3.45. The van der Waals surface area contributed by atoms with Gasteiger partial charge in [-0.15, -0.1) is 5.56 Å². The van der Waals surface area contributed by atoms with Crippen molar-refractivity contribution in [1.29, 1.82) is 0 Å². The van der Waals surface area contributed by atoms with E-state index in [0.29, 0.717) is 0 Å². The molecule has 4 heteroatoms. The Morgan fingerprint density at radius 3 is 2.16 bits per heavy atom. The van der Waals surface area contributed by atoms with Gasteiger partial charge in [0.05, 0.1) is 0 Å². The van der Waals surface area contributed by atoms with Gasteiger partial charge in [0.15, 0.2) is 0 Å². The Balaban J connectivity index is 0.000000410. The predicted molar refractivity (Wildman–Crippen MR) is 97.8 cm³/mol. The van der Waals surface area contributed by atoms with E-state index in [1.54, 1.807) is 0 Å². The van der Waals surface area contributed by atoms with Crippen molar-refractivity contribution in [2.24, 2.45) is 0 Å². The molecule has 0 saturated heterocycles. The Labute approximate surface area is 179 Å². The van der Waals surface area contributed by atoms with Gasteiger partial charge in [-0.2, -0.15) is 47.5 Å². The molecule has 0 aliphatic heterocycles. The first-order valence-electron chi connectivity index (χ1n) is 7.86. The van der Waals surface area contributed by atoms with Crippen LogP contribution in [0.15, 0.2) is 66.7 Å². The Hall–Kier alpha value is -0.543. The van der Waals surface area contributed by atoms with Crippen molar-refractivity contribution in [1.82, 2.24) is 0 Å². The molecule has 0 nitrogen and oxygen atoms in total. The van der Waals surface area contributed by atoms with E-state index < -0.39 is 0 Å². The topological polar surface area (TPSA) is 0 Å². The molecular formula is C21H22Cl2HfSi-2. The van der Waals surface area contributed by atoms with Gasteiger partial charge in [-0.25, -0.2) is 12.1 Å². The van der Waals surface area contributed by atoms with Gasteiger partial charge in [0.1, 0.15) is 0 Å². The number of rotatable bonds is 0. The van der Waals surface area contributed by atoms with Crippen LogP contribution in [0.1, 0.15) is 16.7 Å². The average molecular weight is 552 g/mol. The van der Waals surface area contributed by atoms with Gasteiger partial charge in [0.25, 0.3) is 0 Å². The fourth-order valence-corrected chi connectivity index (χ4v) is 2.47. The molecule has 0 radical (unpaired) electrons. The number of hydrogen-bond acceptors (Lipinski definition) is 0. The van der Waals surface area contributed by atoms with Crippen LogP contribution >= 0.6 is 0 Å². The number of fused-ring (bicyclic) bond motifs is 3. The first kappa shape index (κ1) is 24.5. The van der Waals surface area contributed by atoms with Gasteiger partial charge in [0, 0.05) is 0 Å². The second-order valence-electron chi connectivity index (χ2n) is 5.86. The molecule has 0 atom stereocenters. The summed E-state index contributed by atoms with van der Waals surface area (Å²) in [6, 6.07) is 26.3. The fraction of sp³-hybridized carbons (Fsp3) is 0.190. The maximum atomic E-state index is 3.30. The Kier molecular flexibility index (Phi) is 12.5. The van der Waals surface area contributed by atoms with E-state index in [4.69, 9.17) is 0 Å². The average Bonchev–Trinajstić information content (AvgIpc) is 3.13. The van der Waals surface area contributed by atoms with Gasteiger partial charge >= 0.3 is 41.6 Å². The molecule has 0 unspecified atom stereocenters. The third kappa shape index (κ3) is 8.13. The number of halogens is 2. The summed E-state index contributed by atoms with van der Waals surface area (Å²) < 4.78 is 0. The standard InChI is InChI=1S/C13H9.C6H7.C2H6Si.2ClH.Hf/c1-3-7-12-10(5-1)9-11-6-2-4-8-13(11)12;1-6-4-2-3-5-6;1-3-2;;;/h1-5,7-8H,9H2;2-5H,1H3;1-2H3;2*1H;/q2*-1;;;;+2/p-2. The second kappa shape index (κ2) is 12.8. The molecule has 0 aromatic heterocycles. The second-order valence-corrected chi connectivity index (χ2v) is 18.6. The van der Waals surface area contributed by atoms with E-state index in [-0.39, 0.29) is 30.3 Å². The number of aryl methyl sites for hydroxylation is 1. The molecule has 3 aromatic rings. The van der Waals surface area contributed by atoms with Gasteiger partial charge < -0.3 is 24.8 Å². The smallest absolute Gasteiger partial charge is 0.0253 e. The monoisotopic (exact) mass is 552 g/mol. The Morgan fingerprint density at radius 2 is 1.60 bits per heavy atom. The van der Waals surface area contributed by atoms with Crippen molar-refractivity contribution >= 4 is 5.49 Å². The molecule has 0 spiro atoms. The minimum Gasteiger partial charge on any atom is -1.00 e. The zero-order valence-electron chi connectivity index (χ0n) is 14.8. The van der Waals surface area contributed by atoms with Crippen molar-refractivity contribution in [3.63, 3.8) is 0 Å². The number of hydrogen-bond donors (Lipinski definition) is 0. The summed E-state index contributed by atoms with van der Waals surface area (Å²) in [5, 5.41) is 0. The molecular weight excluding hydrogens is 530 g/mol. The van der Waals surface area contributed by atoms with E-state index in [9.17, 15) is 0 Å². The van der Waals surface area contributed by atoms with Gasteiger partial charge in [-0.1, -0.05) is 42.3 Å². The van der Waals surface area contributed by atoms with Crippen molar-refractivity contribution < 1.29 is 47.8 Å². The molecule has 130 valence electrons. The van der Waals surface area contributed by atoms with E-state index in [1.807, 2.05) is 18.2 Å². The molecule has 0 heterocycles. The summed E-state index contributed by atoms with van der Waals surface area (Å²) in [4.78, 5) is 0. The van der Waals surface area contributed by atoms with E-state index >= 15 is 0 Å². The first-order valence-corrected chi connectivity index (χ1v) is 15.7. The first-order chi connectivity index (χ1) is 11.1. The molecule has 0 amide bonds. The van der Waals surface area contributed by atoms with Crippen LogP contribution < -0.4 is 24.8 Å². The van der Waals surface area contributed by atoms with Crippen molar-refractivity contribution in [2.75, 3.05) is 0 Å². The summed E-state index contributed by atoms with van der Waals surface area (Å²) in [6.45, 7) is 6.74. The molecule has 25 heavy (non-hydrogen) atoms. The molecule has 0 fully saturated rings. The Bertz CT molecular complexity index is 720. The largest absolute Gasteiger partial charge is 1.00 e. The molecule has 3 aromatic carbocycles. The van der Waals surface area contributed by atoms with Crippen molar-refractivity contribution in [3.8, 4) is 11.1 Å². The third-order valence-corrected chi connectivity index (χ3v) is 3.45. The van der Waals surface area contributed by atoms with E-state index in [2.05, 4.69) is 74.6 Å². The Morgan fingerprint density at radius 1 is 0.960 bits per heavy atom. The van der Waals surface area contributed by atoms with Crippen molar-refractivity contribution in [3.05, 3.63) is 89.5 Å². The van der Waals surface area contributed by atoms with Crippen molar-refractivity contribution in [2.45, 2.75) is 26.4 Å². The van der Waals surface area contributed by atoms with Gasteiger partial charge in [-0.3, -0.25) is 0 Å². The SMILES string of the molecule is C[Si](C)=[Hf+2].Cc1ccc[cH-]1.[Cl-].[Cl-].[c-]1cccc2c1Cc1ccccc1-2. The molecule has 0 bridgehead atoms. The van der Waals surface area contributed by atoms with E-state index in [1.165, 1.54) is 50.8 Å².